The van der Waals surface area contributed by atoms with Gasteiger partial charge in [-0.05, 0) is 42.8 Å². The van der Waals surface area contributed by atoms with Crippen LogP contribution in [0.4, 0.5) is 11.4 Å². The molecule has 0 aliphatic heterocycles. The smallest absolute Gasteiger partial charge is 0.337 e. The number of benzene rings is 2. The molecule has 0 spiro atoms. The molecule has 6 heteroatoms. The van der Waals surface area contributed by atoms with Gasteiger partial charge in [-0.25, -0.2) is 4.79 Å². The molecule has 33 heavy (non-hydrogen) atoms. The molecule has 0 aliphatic carbocycles. The van der Waals surface area contributed by atoms with Gasteiger partial charge in [-0.3, -0.25) is 9.59 Å². The lowest BCUT2D eigenvalue weighted by Gasteiger charge is -2.09. The lowest BCUT2D eigenvalue weighted by molar-refractivity contribution is -0.116. The van der Waals surface area contributed by atoms with Gasteiger partial charge in [0.25, 0.3) is 5.91 Å². The van der Waals surface area contributed by atoms with Crippen molar-refractivity contribution >= 4 is 29.2 Å². The number of carbonyl (C=O) groups excluding carboxylic acids is 3. The molecule has 2 aromatic carbocycles. The molecule has 0 aliphatic rings. The predicted octanol–water partition coefficient (Wildman–Crippen LogP) is 6.58. The van der Waals surface area contributed by atoms with Gasteiger partial charge in [0.05, 0.1) is 12.7 Å². The highest BCUT2D eigenvalue weighted by Gasteiger charge is 2.11. The monoisotopic (exact) mass is 452 g/mol. The number of rotatable bonds is 14. The summed E-state index contributed by atoms with van der Waals surface area (Å²) in [6.07, 6.45) is 11.4. The summed E-state index contributed by atoms with van der Waals surface area (Å²) in [5.41, 5.74) is 1.85. The number of ether oxygens (including phenoxy) is 1. The highest BCUT2D eigenvalue weighted by Crippen LogP contribution is 2.16. The van der Waals surface area contributed by atoms with Gasteiger partial charge in [0.1, 0.15) is 0 Å². The summed E-state index contributed by atoms with van der Waals surface area (Å²) in [6, 6.07) is 13.4. The SMILES string of the molecule is CCCCCCCCCCCC(=O)Nc1cccc(C(=O)Nc2cccc(C(=O)OC)c2)c1. The summed E-state index contributed by atoms with van der Waals surface area (Å²) in [5, 5.41) is 5.65. The van der Waals surface area contributed by atoms with Crippen LogP contribution in [0.2, 0.25) is 0 Å². The summed E-state index contributed by atoms with van der Waals surface area (Å²) >= 11 is 0. The first kappa shape index (κ1) is 26.1. The molecule has 0 aromatic heterocycles. The van der Waals surface area contributed by atoms with E-state index < -0.39 is 5.97 Å². The topological polar surface area (TPSA) is 84.5 Å². The maximum atomic E-state index is 12.6. The largest absolute Gasteiger partial charge is 0.465 e. The van der Waals surface area contributed by atoms with Gasteiger partial charge >= 0.3 is 5.97 Å². The van der Waals surface area contributed by atoms with Crippen LogP contribution in [-0.4, -0.2) is 24.9 Å². The normalized spacial score (nSPS) is 10.5. The van der Waals surface area contributed by atoms with E-state index in [1.54, 1.807) is 48.5 Å². The zero-order chi connectivity index (χ0) is 23.9. The standard InChI is InChI=1S/C27H36N2O4/c1-3-4-5-6-7-8-9-10-11-18-25(30)28-23-16-12-14-21(19-23)26(31)29-24-17-13-15-22(20-24)27(32)33-2/h12-17,19-20H,3-11,18H2,1-2H3,(H,28,30)(H,29,31). The van der Waals surface area contributed by atoms with Gasteiger partial charge in [-0.15, -0.1) is 0 Å². The Hall–Kier alpha value is -3.15. The number of esters is 1. The zero-order valence-electron chi connectivity index (χ0n) is 19.8. The minimum atomic E-state index is -0.470. The first-order valence-electron chi connectivity index (χ1n) is 11.9. The molecule has 0 saturated heterocycles. The Kier molecular flexibility index (Phi) is 11.7. The Balaban J connectivity index is 1.76. The van der Waals surface area contributed by atoms with Crippen LogP contribution >= 0.6 is 0 Å². The average Bonchev–Trinajstić information content (AvgIpc) is 2.82. The van der Waals surface area contributed by atoms with E-state index in [0.29, 0.717) is 28.9 Å². The van der Waals surface area contributed by atoms with Crippen LogP contribution in [0.15, 0.2) is 48.5 Å². The van der Waals surface area contributed by atoms with Crippen molar-refractivity contribution in [2.75, 3.05) is 17.7 Å². The molecule has 0 fully saturated rings. The van der Waals surface area contributed by atoms with Crippen LogP contribution in [0.5, 0.6) is 0 Å². The zero-order valence-corrected chi connectivity index (χ0v) is 19.8. The summed E-state index contributed by atoms with van der Waals surface area (Å²) in [4.78, 5) is 36.6. The quantitative estimate of drug-likeness (QED) is 0.250. The third kappa shape index (κ3) is 9.89. The number of carbonyl (C=O) groups is 3. The third-order valence-corrected chi connectivity index (χ3v) is 5.46. The van der Waals surface area contributed by atoms with Crippen molar-refractivity contribution in [3.63, 3.8) is 0 Å². The van der Waals surface area contributed by atoms with E-state index in [2.05, 4.69) is 17.6 Å². The number of hydrogen-bond donors (Lipinski definition) is 2. The van der Waals surface area contributed by atoms with E-state index in [1.807, 2.05) is 0 Å². The number of amides is 2. The highest BCUT2D eigenvalue weighted by molar-refractivity contribution is 6.05. The number of hydrogen-bond acceptors (Lipinski definition) is 4. The van der Waals surface area contributed by atoms with Crippen molar-refractivity contribution in [3.05, 3.63) is 59.7 Å². The predicted molar refractivity (Wildman–Crippen MR) is 133 cm³/mol. The van der Waals surface area contributed by atoms with Gasteiger partial charge in [0.15, 0.2) is 0 Å². The summed E-state index contributed by atoms with van der Waals surface area (Å²) < 4.78 is 4.71. The first-order valence-corrected chi connectivity index (χ1v) is 11.9. The molecule has 2 rings (SSSR count). The van der Waals surface area contributed by atoms with Crippen molar-refractivity contribution in [2.24, 2.45) is 0 Å². The number of nitrogens with one attached hydrogen (secondary N) is 2. The summed E-state index contributed by atoms with van der Waals surface area (Å²) in [6.45, 7) is 2.23. The van der Waals surface area contributed by atoms with Gasteiger partial charge in [0, 0.05) is 23.4 Å². The fraction of sp³-hybridized carbons (Fsp3) is 0.444. The number of unbranched alkanes of at least 4 members (excludes halogenated alkanes) is 8. The highest BCUT2D eigenvalue weighted by atomic mass is 16.5. The van der Waals surface area contributed by atoms with Crippen molar-refractivity contribution in [2.45, 2.75) is 71.1 Å². The Morgan fingerprint density at radius 3 is 1.91 bits per heavy atom. The van der Waals surface area contributed by atoms with Crippen molar-refractivity contribution in [3.8, 4) is 0 Å². The van der Waals surface area contributed by atoms with Gasteiger partial charge in [-0.2, -0.15) is 0 Å². The van der Waals surface area contributed by atoms with E-state index in [0.717, 1.165) is 12.8 Å². The Morgan fingerprint density at radius 1 is 0.727 bits per heavy atom. The van der Waals surface area contributed by atoms with Crippen LogP contribution in [0, 0.1) is 0 Å². The summed E-state index contributed by atoms with van der Waals surface area (Å²) in [7, 11) is 1.31. The fourth-order valence-electron chi connectivity index (χ4n) is 3.60. The molecule has 0 radical (unpaired) electrons. The maximum Gasteiger partial charge on any atom is 0.337 e. The minimum absolute atomic E-state index is 0.0405. The van der Waals surface area contributed by atoms with Crippen LogP contribution in [0.1, 0.15) is 91.8 Å². The van der Waals surface area contributed by atoms with Gasteiger partial charge in [-0.1, -0.05) is 70.4 Å². The first-order chi connectivity index (χ1) is 16.0. The average molecular weight is 453 g/mol. The van der Waals surface area contributed by atoms with Crippen LogP contribution in [-0.2, 0) is 9.53 Å². The lowest BCUT2D eigenvalue weighted by Crippen LogP contribution is -2.14. The van der Waals surface area contributed by atoms with E-state index >= 15 is 0 Å². The molecule has 2 N–H and O–H groups in total. The molecule has 0 bridgehead atoms. The fourth-order valence-corrected chi connectivity index (χ4v) is 3.60. The van der Waals surface area contributed by atoms with Crippen LogP contribution in [0.3, 0.4) is 0 Å². The molecule has 0 saturated carbocycles. The number of methoxy groups -OCH3 is 1. The third-order valence-electron chi connectivity index (χ3n) is 5.46. The lowest BCUT2D eigenvalue weighted by atomic mass is 10.1. The van der Waals surface area contributed by atoms with Crippen molar-refractivity contribution in [1.82, 2.24) is 0 Å². The van der Waals surface area contributed by atoms with Gasteiger partial charge < -0.3 is 15.4 Å². The maximum absolute atomic E-state index is 12.6. The molecule has 2 aromatic rings. The second kappa shape index (κ2) is 14.8. The molecule has 6 nitrogen and oxygen atoms in total. The second-order valence-corrected chi connectivity index (χ2v) is 8.23. The Labute approximate surface area is 197 Å². The summed E-state index contributed by atoms with van der Waals surface area (Å²) in [5.74, 6) is -0.837. The molecule has 0 unspecified atom stereocenters. The minimum Gasteiger partial charge on any atom is -0.465 e. The Bertz CT molecular complexity index is 910. The van der Waals surface area contributed by atoms with Crippen LogP contribution in [0.25, 0.3) is 0 Å². The second-order valence-electron chi connectivity index (χ2n) is 8.23. The molecule has 0 heterocycles. The van der Waals surface area contributed by atoms with E-state index in [9.17, 15) is 14.4 Å². The Morgan fingerprint density at radius 2 is 1.27 bits per heavy atom. The number of anilines is 2. The molecular weight excluding hydrogens is 416 g/mol. The molecule has 2 amide bonds. The van der Waals surface area contributed by atoms with E-state index in [-0.39, 0.29) is 11.8 Å². The van der Waals surface area contributed by atoms with Gasteiger partial charge in [0.2, 0.25) is 5.91 Å². The molecular formula is C27H36N2O4. The molecule has 178 valence electrons. The van der Waals surface area contributed by atoms with Crippen molar-refractivity contribution < 1.29 is 19.1 Å². The van der Waals surface area contributed by atoms with Crippen LogP contribution < -0.4 is 10.6 Å². The molecule has 0 atom stereocenters. The van der Waals surface area contributed by atoms with E-state index in [1.165, 1.54) is 52.1 Å². The van der Waals surface area contributed by atoms with E-state index in [4.69, 9.17) is 4.74 Å². The van der Waals surface area contributed by atoms with Crippen molar-refractivity contribution in [1.29, 1.82) is 0 Å².